The van der Waals surface area contributed by atoms with Gasteiger partial charge in [-0.05, 0) is 47.0 Å². The number of rotatable bonds is 4. The summed E-state index contributed by atoms with van der Waals surface area (Å²) in [6.07, 6.45) is -9.12. The monoisotopic (exact) mass is 401 g/mol. The topological polar surface area (TPSA) is 42.2 Å². The van der Waals surface area contributed by atoms with E-state index in [9.17, 15) is 26.3 Å². The first-order valence-corrected chi connectivity index (χ1v) is 7.63. The smallest absolute Gasteiger partial charge is 0.416 e. The molecule has 0 saturated heterocycles. The first kappa shape index (κ1) is 21.2. The third kappa shape index (κ3) is 4.57. The zero-order chi connectivity index (χ0) is 21.1. The van der Waals surface area contributed by atoms with Crippen molar-refractivity contribution in [1.29, 1.82) is 5.26 Å². The number of nitriles is 1. The summed E-state index contributed by atoms with van der Waals surface area (Å²) < 4.78 is 88.9. The Hall–Kier alpha value is -3.15. The maximum Gasteiger partial charge on any atom is 0.416 e. The van der Waals surface area contributed by atoms with Crippen LogP contribution in [-0.2, 0) is 12.4 Å². The van der Waals surface area contributed by atoms with E-state index in [0.717, 1.165) is 6.08 Å². The van der Waals surface area contributed by atoms with E-state index in [4.69, 9.17) is 14.7 Å². The van der Waals surface area contributed by atoms with Gasteiger partial charge in [0.05, 0.1) is 31.4 Å². The van der Waals surface area contributed by atoms with E-state index in [1.54, 1.807) is 6.07 Å². The number of hydrogen-bond donors (Lipinski definition) is 0. The predicted molar refractivity (Wildman–Crippen MR) is 88.7 cm³/mol. The number of hydrogen-bond acceptors (Lipinski definition) is 3. The van der Waals surface area contributed by atoms with Crippen LogP contribution in [0.1, 0.15) is 22.3 Å². The molecule has 0 bridgehead atoms. The van der Waals surface area contributed by atoms with Crippen LogP contribution in [0.25, 0.3) is 5.57 Å². The summed E-state index contributed by atoms with van der Waals surface area (Å²) in [7, 11) is 2.69. The largest absolute Gasteiger partial charge is 0.493 e. The molecule has 28 heavy (non-hydrogen) atoms. The highest BCUT2D eigenvalue weighted by molar-refractivity contribution is 5.82. The number of nitrogens with zero attached hydrogens (tertiary/aromatic N) is 1. The van der Waals surface area contributed by atoms with Gasteiger partial charge in [0.2, 0.25) is 0 Å². The number of halogens is 6. The summed E-state index contributed by atoms with van der Waals surface area (Å²) in [5.41, 5.74) is -3.29. The normalized spacial score (nSPS) is 12.5. The highest BCUT2D eigenvalue weighted by Crippen LogP contribution is 2.39. The molecule has 0 radical (unpaired) electrons. The number of methoxy groups -OCH3 is 2. The Bertz CT molecular complexity index is 907. The maximum absolute atomic E-state index is 13.1. The lowest BCUT2D eigenvalue weighted by Crippen LogP contribution is -2.11. The number of benzene rings is 2. The Labute approximate surface area is 156 Å². The van der Waals surface area contributed by atoms with Gasteiger partial charge in [0.1, 0.15) is 0 Å². The summed E-state index contributed by atoms with van der Waals surface area (Å²) in [5, 5.41) is 9.02. The molecule has 3 nitrogen and oxygen atoms in total. The van der Waals surface area contributed by atoms with Crippen LogP contribution in [0.3, 0.4) is 0 Å². The van der Waals surface area contributed by atoms with Crippen molar-refractivity contribution in [1.82, 2.24) is 0 Å². The molecule has 0 aliphatic carbocycles. The van der Waals surface area contributed by atoms with Crippen molar-refractivity contribution in [2.75, 3.05) is 14.2 Å². The van der Waals surface area contributed by atoms with Crippen LogP contribution in [0.5, 0.6) is 11.5 Å². The minimum absolute atomic E-state index is 0.0299. The van der Waals surface area contributed by atoms with Crippen molar-refractivity contribution in [2.24, 2.45) is 0 Å². The Balaban J connectivity index is 2.74. The molecular weight excluding hydrogens is 388 g/mol. The third-order valence-corrected chi connectivity index (χ3v) is 3.80. The molecule has 0 saturated carbocycles. The van der Waals surface area contributed by atoms with Crippen LogP contribution in [-0.4, -0.2) is 14.2 Å². The van der Waals surface area contributed by atoms with Crippen LogP contribution in [0, 0.1) is 11.3 Å². The summed E-state index contributed by atoms with van der Waals surface area (Å²) in [4.78, 5) is 0. The fraction of sp³-hybridized carbons (Fsp3) is 0.211. The van der Waals surface area contributed by atoms with Crippen LogP contribution in [0.15, 0.2) is 42.5 Å². The van der Waals surface area contributed by atoms with Gasteiger partial charge in [0.25, 0.3) is 0 Å². The summed E-state index contributed by atoms with van der Waals surface area (Å²) in [5.74, 6) is 0.509. The SMILES string of the molecule is COc1ccc(/C(=C/C#N)c2cc(C(F)(F)F)cc(C(F)(F)F)c2)cc1OC. The minimum atomic E-state index is -4.99. The molecule has 0 fully saturated rings. The average molecular weight is 401 g/mol. The van der Waals surface area contributed by atoms with Crippen LogP contribution >= 0.6 is 0 Å². The third-order valence-electron chi connectivity index (χ3n) is 3.80. The van der Waals surface area contributed by atoms with Gasteiger partial charge in [-0.25, -0.2) is 0 Å². The first-order valence-electron chi connectivity index (χ1n) is 7.63. The van der Waals surface area contributed by atoms with Gasteiger partial charge < -0.3 is 9.47 Å². The molecule has 0 atom stereocenters. The molecule has 0 aliphatic heterocycles. The van der Waals surface area contributed by atoms with Gasteiger partial charge in [-0.3, -0.25) is 0 Å². The second-order valence-electron chi connectivity index (χ2n) is 5.55. The first-order chi connectivity index (χ1) is 13.0. The second kappa shape index (κ2) is 7.84. The van der Waals surface area contributed by atoms with Gasteiger partial charge in [-0.15, -0.1) is 0 Å². The van der Waals surface area contributed by atoms with Gasteiger partial charge in [0.15, 0.2) is 11.5 Å². The van der Waals surface area contributed by atoms with E-state index >= 15 is 0 Å². The average Bonchev–Trinajstić information content (AvgIpc) is 2.63. The molecule has 0 aromatic heterocycles. The van der Waals surface area contributed by atoms with E-state index in [2.05, 4.69) is 0 Å². The van der Waals surface area contributed by atoms with Crippen molar-refractivity contribution in [3.63, 3.8) is 0 Å². The van der Waals surface area contributed by atoms with Crippen LogP contribution in [0.2, 0.25) is 0 Å². The Kier molecular flexibility index (Phi) is 5.92. The van der Waals surface area contributed by atoms with E-state index in [-0.39, 0.29) is 23.0 Å². The molecule has 2 rings (SSSR count). The van der Waals surface area contributed by atoms with Gasteiger partial charge in [-0.2, -0.15) is 31.6 Å². The molecule has 0 heterocycles. The Morgan fingerprint density at radius 1 is 0.821 bits per heavy atom. The molecule has 2 aromatic carbocycles. The van der Waals surface area contributed by atoms with Crippen molar-refractivity contribution >= 4 is 5.57 Å². The lowest BCUT2D eigenvalue weighted by Gasteiger charge is -2.16. The van der Waals surface area contributed by atoms with Gasteiger partial charge >= 0.3 is 12.4 Å². The van der Waals surface area contributed by atoms with E-state index in [1.807, 2.05) is 0 Å². The molecule has 0 amide bonds. The Morgan fingerprint density at radius 2 is 1.36 bits per heavy atom. The number of allylic oxidation sites excluding steroid dienone is 1. The zero-order valence-electron chi connectivity index (χ0n) is 14.6. The standard InChI is InChI=1S/C19H13F6NO2/c1-27-16-4-3-11(9-17(16)28-2)15(5-6-26)12-7-13(18(20,21)22)10-14(8-12)19(23,24)25/h3-5,7-10H,1-2H3/b15-5-. The fourth-order valence-electron chi connectivity index (χ4n) is 2.51. The lowest BCUT2D eigenvalue weighted by atomic mass is 9.93. The summed E-state index contributed by atoms with van der Waals surface area (Å²) >= 11 is 0. The van der Waals surface area contributed by atoms with Gasteiger partial charge in [0, 0.05) is 6.08 Å². The molecular formula is C19H13F6NO2. The van der Waals surface area contributed by atoms with E-state index in [0.29, 0.717) is 17.9 Å². The molecule has 2 aromatic rings. The van der Waals surface area contributed by atoms with Crippen LogP contribution in [0.4, 0.5) is 26.3 Å². The highest BCUT2D eigenvalue weighted by Gasteiger charge is 2.37. The maximum atomic E-state index is 13.1. The van der Waals surface area contributed by atoms with Crippen molar-refractivity contribution in [3.8, 4) is 17.6 Å². The summed E-state index contributed by atoms with van der Waals surface area (Å²) in [6, 6.07) is 7.00. The van der Waals surface area contributed by atoms with Gasteiger partial charge in [-0.1, -0.05) is 6.07 Å². The molecule has 0 unspecified atom stereocenters. The fourth-order valence-corrected chi connectivity index (χ4v) is 2.51. The predicted octanol–water partition coefficient (Wildman–Crippen LogP) is 5.70. The second-order valence-corrected chi connectivity index (χ2v) is 5.55. The number of ether oxygens (including phenoxy) is 2. The zero-order valence-corrected chi connectivity index (χ0v) is 14.6. The molecule has 148 valence electrons. The van der Waals surface area contributed by atoms with Crippen molar-refractivity contribution in [3.05, 3.63) is 64.7 Å². The van der Waals surface area contributed by atoms with E-state index < -0.39 is 29.0 Å². The van der Waals surface area contributed by atoms with Crippen molar-refractivity contribution < 1.29 is 35.8 Å². The van der Waals surface area contributed by atoms with Crippen molar-refractivity contribution in [2.45, 2.75) is 12.4 Å². The quantitative estimate of drug-likeness (QED) is 0.488. The Morgan fingerprint density at radius 3 is 1.79 bits per heavy atom. The van der Waals surface area contributed by atoms with Crippen LogP contribution < -0.4 is 9.47 Å². The molecule has 0 N–H and O–H groups in total. The lowest BCUT2D eigenvalue weighted by molar-refractivity contribution is -0.143. The molecule has 9 heteroatoms. The summed E-state index contributed by atoms with van der Waals surface area (Å²) in [6.45, 7) is 0. The molecule has 0 aliphatic rings. The molecule has 0 spiro atoms. The minimum Gasteiger partial charge on any atom is -0.493 e. The number of alkyl halides is 6. The highest BCUT2D eigenvalue weighted by atomic mass is 19.4. The van der Waals surface area contributed by atoms with E-state index in [1.165, 1.54) is 32.4 Å².